The Hall–Kier alpha value is -2.73. The smallest absolute Gasteiger partial charge is 0.251 e. The summed E-state index contributed by atoms with van der Waals surface area (Å²) in [5, 5.41) is 3.41. The number of benzene rings is 2. The average Bonchev–Trinajstić information content (AvgIpc) is 2.66. The van der Waals surface area contributed by atoms with Crippen LogP contribution in [0.25, 0.3) is 0 Å². The van der Waals surface area contributed by atoms with Crippen molar-refractivity contribution in [3.63, 3.8) is 0 Å². The lowest BCUT2D eigenvalue weighted by atomic mass is 10.1. The van der Waals surface area contributed by atoms with E-state index in [1.165, 1.54) is 21.1 Å². The topological polar surface area (TPSA) is 67.9 Å². The van der Waals surface area contributed by atoms with Crippen molar-refractivity contribution < 1.29 is 19.1 Å². The first-order valence-corrected chi connectivity index (χ1v) is 8.80. The first-order chi connectivity index (χ1) is 12.9. The number of carbonyl (C=O) groups is 2. The number of halogens is 1. The van der Waals surface area contributed by atoms with Crippen molar-refractivity contribution >= 4 is 29.1 Å². The molecule has 7 heteroatoms. The molecule has 0 heterocycles. The third-order valence-electron chi connectivity index (χ3n) is 4.18. The van der Waals surface area contributed by atoms with Crippen LogP contribution in [0.4, 0.5) is 5.69 Å². The van der Waals surface area contributed by atoms with Gasteiger partial charge in [-0.15, -0.1) is 0 Å². The molecule has 0 aliphatic rings. The summed E-state index contributed by atoms with van der Waals surface area (Å²) in [7, 11) is 3.05. The van der Waals surface area contributed by atoms with Gasteiger partial charge in [0.1, 0.15) is 0 Å². The maximum Gasteiger partial charge on any atom is 0.251 e. The van der Waals surface area contributed by atoms with Gasteiger partial charge in [0.05, 0.1) is 14.2 Å². The molecule has 1 N–H and O–H groups in total. The molecule has 2 aromatic carbocycles. The van der Waals surface area contributed by atoms with Crippen LogP contribution >= 0.6 is 11.6 Å². The minimum atomic E-state index is -0.262. The molecule has 0 aliphatic carbocycles. The van der Waals surface area contributed by atoms with Gasteiger partial charge in [-0.25, -0.2) is 0 Å². The maximum absolute atomic E-state index is 12.4. The summed E-state index contributed by atoms with van der Waals surface area (Å²) in [4.78, 5) is 26.0. The van der Waals surface area contributed by atoms with E-state index in [2.05, 4.69) is 5.32 Å². The number of hydrogen-bond donors (Lipinski definition) is 1. The van der Waals surface area contributed by atoms with Gasteiger partial charge in [-0.2, -0.15) is 0 Å². The molecule has 2 amide bonds. The number of nitrogens with one attached hydrogen (secondary N) is 1. The summed E-state index contributed by atoms with van der Waals surface area (Å²) >= 11 is 6.15. The number of hydrogen-bond acceptors (Lipinski definition) is 4. The Labute approximate surface area is 164 Å². The third kappa shape index (κ3) is 4.92. The summed E-state index contributed by atoms with van der Waals surface area (Å²) in [5.74, 6) is 0.640. The molecule has 0 bridgehead atoms. The van der Waals surface area contributed by atoms with Gasteiger partial charge in [-0.05, 0) is 42.8 Å². The third-order valence-corrected chi connectivity index (χ3v) is 4.59. The van der Waals surface area contributed by atoms with Crippen LogP contribution in [0.5, 0.6) is 11.5 Å². The highest BCUT2D eigenvalue weighted by Crippen LogP contribution is 2.28. The Balaban J connectivity index is 2.06. The Bertz CT molecular complexity index is 839. The van der Waals surface area contributed by atoms with E-state index in [9.17, 15) is 9.59 Å². The van der Waals surface area contributed by atoms with E-state index < -0.39 is 0 Å². The van der Waals surface area contributed by atoms with Crippen LogP contribution in [-0.2, 0) is 4.79 Å². The quantitative estimate of drug-likeness (QED) is 0.786. The predicted molar refractivity (Wildman–Crippen MR) is 106 cm³/mol. The van der Waals surface area contributed by atoms with Crippen LogP contribution in [0.1, 0.15) is 22.8 Å². The molecule has 2 rings (SSSR count). The van der Waals surface area contributed by atoms with E-state index in [4.69, 9.17) is 21.1 Å². The molecule has 0 fully saturated rings. The van der Waals surface area contributed by atoms with Gasteiger partial charge in [0.15, 0.2) is 11.5 Å². The Kier molecular flexibility index (Phi) is 7.07. The highest BCUT2D eigenvalue weighted by molar-refractivity contribution is 6.31. The number of rotatable bonds is 7. The molecule has 0 atom stereocenters. The minimum absolute atomic E-state index is 0.124. The normalized spacial score (nSPS) is 10.3. The van der Waals surface area contributed by atoms with E-state index in [1.54, 1.807) is 35.2 Å². The summed E-state index contributed by atoms with van der Waals surface area (Å²) < 4.78 is 10.4. The van der Waals surface area contributed by atoms with Crippen molar-refractivity contribution in [2.75, 3.05) is 32.2 Å². The molecule has 0 radical (unpaired) electrons. The number of carbonyl (C=O) groups excluding carboxylic acids is 2. The van der Waals surface area contributed by atoms with Gasteiger partial charge in [0.25, 0.3) is 5.91 Å². The van der Waals surface area contributed by atoms with Crippen molar-refractivity contribution in [1.82, 2.24) is 5.32 Å². The Morgan fingerprint density at radius 2 is 1.81 bits per heavy atom. The number of anilines is 1. The van der Waals surface area contributed by atoms with Crippen LogP contribution in [0.15, 0.2) is 36.4 Å². The van der Waals surface area contributed by atoms with E-state index in [0.29, 0.717) is 35.2 Å². The van der Waals surface area contributed by atoms with Crippen LogP contribution in [0, 0.1) is 6.92 Å². The highest BCUT2D eigenvalue weighted by atomic mass is 35.5. The molecule has 0 unspecified atom stereocenters. The van der Waals surface area contributed by atoms with Gasteiger partial charge in [0.2, 0.25) is 5.91 Å². The molecule has 0 spiro atoms. The van der Waals surface area contributed by atoms with E-state index >= 15 is 0 Å². The van der Waals surface area contributed by atoms with Crippen LogP contribution in [0.3, 0.4) is 0 Å². The van der Waals surface area contributed by atoms with E-state index in [-0.39, 0.29) is 11.8 Å². The molecule has 0 saturated heterocycles. The lowest BCUT2D eigenvalue weighted by molar-refractivity contribution is -0.116. The van der Waals surface area contributed by atoms with Crippen molar-refractivity contribution in [3.8, 4) is 11.5 Å². The number of ether oxygens (including phenoxy) is 2. The molecular weight excluding hydrogens is 368 g/mol. The largest absolute Gasteiger partial charge is 0.493 e. The van der Waals surface area contributed by atoms with E-state index in [1.807, 2.05) is 13.0 Å². The van der Waals surface area contributed by atoms with Crippen LogP contribution in [-0.4, -0.2) is 39.1 Å². The van der Waals surface area contributed by atoms with Gasteiger partial charge < -0.3 is 19.7 Å². The van der Waals surface area contributed by atoms with Gasteiger partial charge in [-0.1, -0.05) is 17.7 Å². The molecule has 0 aromatic heterocycles. The zero-order valence-corrected chi connectivity index (χ0v) is 16.6. The Morgan fingerprint density at radius 1 is 1.11 bits per heavy atom. The SMILES string of the molecule is COc1ccc(C(=O)NCCN(C(C)=O)c2cccc(Cl)c2C)cc1OC. The molecule has 27 heavy (non-hydrogen) atoms. The second-order valence-corrected chi connectivity index (χ2v) is 6.29. The summed E-state index contributed by atoms with van der Waals surface area (Å²) in [6.07, 6.45) is 0. The summed E-state index contributed by atoms with van der Waals surface area (Å²) in [6, 6.07) is 10.3. The highest BCUT2D eigenvalue weighted by Gasteiger charge is 2.16. The monoisotopic (exact) mass is 390 g/mol. The second kappa shape index (κ2) is 9.28. The van der Waals surface area contributed by atoms with Crippen molar-refractivity contribution in [1.29, 1.82) is 0 Å². The standard InChI is InChI=1S/C20H23ClN2O4/c1-13-16(21)6-5-7-17(13)23(14(2)24)11-10-22-20(25)15-8-9-18(26-3)19(12-15)27-4/h5-9,12H,10-11H2,1-4H3,(H,22,25). The molecule has 144 valence electrons. The number of nitrogens with zero attached hydrogens (tertiary/aromatic N) is 1. The second-order valence-electron chi connectivity index (χ2n) is 5.88. The number of amides is 2. The maximum atomic E-state index is 12.4. The fourth-order valence-electron chi connectivity index (χ4n) is 2.70. The minimum Gasteiger partial charge on any atom is -0.493 e. The molecular formula is C20H23ClN2O4. The van der Waals surface area contributed by atoms with Crippen molar-refractivity contribution in [2.45, 2.75) is 13.8 Å². The fraction of sp³-hybridized carbons (Fsp3) is 0.300. The Morgan fingerprint density at radius 3 is 2.44 bits per heavy atom. The predicted octanol–water partition coefficient (Wildman–Crippen LogP) is 3.45. The van der Waals surface area contributed by atoms with Crippen LogP contribution < -0.4 is 19.7 Å². The van der Waals surface area contributed by atoms with Gasteiger partial charge in [-0.3, -0.25) is 9.59 Å². The van der Waals surface area contributed by atoms with Gasteiger partial charge in [0, 0.05) is 36.3 Å². The summed E-state index contributed by atoms with van der Waals surface area (Å²) in [5.41, 5.74) is 2.00. The van der Waals surface area contributed by atoms with Crippen molar-refractivity contribution in [3.05, 3.63) is 52.5 Å². The lowest BCUT2D eigenvalue weighted by Crippen LogP contribution is -2.38. The summed E-state index contributed by atoms with van der Waals surface area (Å²) in [6.45, 7) is 3.96. The average molecular weight is 391 g/mol. The zero-order chi connectivity index (χ0) is 20.0. The fourth-order valence-corrected chi connectivity index (χ4v) is 2.87. The van der Waals surface area contributed by atoms with Gasteiger partial charge >= 0.3 is 0 Å². The molecule has 0 aliphatic heterocycles. The first kappa shape index (κ1) is 20.6. The van der Waals surface area contributed by atoms with Crippen LogP contribution in [0.2, 0.25) is 5.02 Å². The zero-order valence-electron chi connectivity index (χ0n) is 15.8. The number of methoxy groups -OCH3 is 2. The first-order valence-electron chi connectivity index (χ1n) is 8.42. The lowest BCUT2D eigenvalue weighted by Gasteiger charge is -2.23. The van der Waals surface area contributed by atoms with Crippen molar-refractivity contribution in [2.24, 2.45) is 0 Å². The molecule has 6 nitrogen and oxygen atoms in total. The van der Waals surface area contributed by atoms with E-state index in [0.717, 1.165) is 11.3 Å². The molecule has 2 aromatic rings. The molecule has 0 saturated carbocycles.